The summed E-state index contributed by atoms with van der Waals surface area (Å²) in [5, 5.41) is 0. The maximum Gasteiger partial charge on any atom is 0.116 e. The molecule has 0 amide bonds. The van der Waals surface area contributed by atoms with E-state index in [2.05, 4.69) is 69.2 Å². The monoisotopic (exact) mass is 366 g/mol. The average Bonchev–Trinajstić information content (AvgIpc) is 2.91. The van der Waals surface area contributed by atoms with Gasteiger partial charge in [-0.15, -0.1) is 0 Å². The van der Waals surface area contributed by atoms with E-state index in [9.17, 15) is 0 Å². The zero-order chi connectivity index (χ0) is 20.2. The van der Waals surface area contributed by atoms with Crippen LogP contribution in [0.2, 0.25) is 0 Å². The van der Waals surface area contributed by atoms with Crippen molar-refractivity contribution in [3.63, 3.8) is 0 Å². The molecule has 0 radical (unpaired) electrons. The van der Waals surface area contributed by atoms with E-state index >= 15 is 4.39 Å². The first kappa shape index (κ1) is 22.2. The third-order valence-electron chi connectivity index (χ3n) is 8.73. The van der Waals surface area contributed by atoms with Crippen molar-refractivity contribution in [3.05, 3.63) is 0 Å². The predicted molar refractivity (Wildman–Crippen MR) is 113 cm³/mol. The highest BCUT2D eigenvalue weighted by Gasteiger charge is 2.57. The van der Waals surface area contributed by atoms with Gasteiger partial charge in [0.15, 0.2) is 0 Å². The molecule has 154 valence electrons. The fourth-order valence-electron chi connectivity index (χ4n) is 5.43. The molecule has 0 heterocycles. The summed E-state index contributed by atoms with van der Waals surface area (Å²) in [6.45, 7) is 23.2. The zero-order valence-electron chi connectivity index (χ0n) is 19.6. The fraction of sp³-hybridized carbons (Fsp3) is 1.00. The first-order chi connectivity index (χ1) is 11.5. The molecule has 0 aromatic rings. The van der Waals surface area contributed by atoms with E-state index in [1.54, 1.807) is 0 Å². The minimum absolute atomic E-state index is 0.200. The van der Waals surface area contributed by atoms with Crippen LogP contribution in [0, 0.1) is 39.4 Å². The van der Waals surface area contributed by atoms with Gasteiger partial charge in [-0.2, -0.15) is 0 Å². The largest absolute Gasteiger partial charge is 0.243 e. The number of rotatable bonds is 5. The van der Waals surface area contributed by atoms with Crippen molar-refractivity contribution in [1.29, 1.82) is 0 Å². The molecule has 0 aromatic heterocycles. The van der Waals surface area contributed by atoms with Gasteiger partial charge in [-0.05, 0) is 84.4 Å². The van der Waals surface area contributed by atoms with Crippen LogP contribution in [0.25, 0.3) is 0 Å². The highest BCUT2D eigenvalue weighted by molar-refractivity contribution is 5.07. The van der Waals surface area contributed by atoms with Crippen LogP contribution in [0.5, 0.6) is 0 Å². The summed E-state index contributed by atoms with van der Waals surface area (Å²) in [5.74, 6) is 2.20. The van der Waals surface area contributed by atoms with Gasteiger partial charge in [0, 0.05) is 0 Å². The van der Waals surface area contributed by atoms with E-state index in [1.807, 2.05) is 0 Å². The van der Waals surface area contributed by atoms with E-state index in [0.29, 0.717) is 16.7 Å². The Kier molecular flexibility index (Phi) is 5.78. The lowest BCUT2D eigenvalue weighted by Gasteiger charge is -2.55. The lowest BCUT2D eigenvalue weighted by molar-refractivity contribution is -0.125. The number of halogens is 1. The zero-order valence-corrected chi connectivity index (χ0v) is 19.6. The Morgan fingerprint density at radius 2 is 1.15 bits per heavy atom. The molecule has 0 spiro atoms. The Labute approximate surface area is 164 Å². The molecule has 2 unspecified atom stereocenters. The average molecular weight is 367 g/mol. The van der Waals surface area contributed by atoms with Crippen LogP contribution in [0.4, 0.5) is 4.39 Å². The molecular weight excluding hydrogens is 319 g/mol. The van der Waals surface area contributed by atoms with Gasteiger partial charge >= 0.3 is 0 Å². The van der Waals surface area contributed by atoms with Crippen LogP contribution in [0.15, 0.2) is 0 Å². The lowest BCUT2D eigenvalue weighted by Crippen LogP contribution is -2.54. The molecule has 0 aromatic carbocycles. The van der Waals surface area contributed by atoms with Gasteiger partial charge in [0.25, 0.3) is 0 Å². The Hall–Kier alpha value is -0.0700. The smallest absolute Gasteiger partial charge is 0.116 e. The van der Waals surface area contributed by atoms with Gasteiger partial charge in [-0.3, -0.25) is 0 Å². The Morgan fingerprint density at radius 1 is 0.692 bits per heavy atom. The van der Waals surface area contributed by atoms with Gasteiger partial charge in [0.2, 0.25) is 0 Å². The van der Waals surface area contributed by atoms with Gasteiger partial charge in [-0.1, -0.05) is 69.2 Å². The second-order valence-electron chi connectivity index (χ2n) is 13.4. The molecule has 0 bridgehead atoms. The SMILES string of the molecule is CC(C)(C)C1CCC(C(C)(C)CCC(C)(C)C2(F)CC(C(C)(C)C)C2)C1. The fourth-order valence-corrected chi connectivity index (χ4v) is 5.43. The van der Waals surface area contributed by atoms with Gasteiger partial charge in [-0.25, -0.2) is 4.39 Å². The summed E-state index contributed by atoms with van der Waals surface area (Å²) in [4.78, 5) is 0. The summed E-state index contributed by atoms with van der Waals surface area (Å²) in [7, 11) is 0. The van der Waals surface area contributed by atoms with Crippen LogP contribution in [0.1, 0.15) is 114 Å². The summed E-state index contributed by atoms with van der Waals surface area (Å²) >= 11 is 0. The third-order valence-corrected chi connectivity index (χ3v) is 8.73. The first-order valence-corrected chi connectivity index (χ1v) is 11.2. The molecule has 0 saturated heterocycles. The van der Waals surface area contributed by atoms with E-state index in [0.717, 1.165) is 37.5 Å². The van der Waals surface area contributed by atoms with E-state index in [4.69, 9.17) is 0 Å². The molecule has 2 saturated carbocycles. The molecule has 2 atom stereocenters. The standard InChI is InChI=1S/C25H47F/c1-21(2,3)18-11-12-19(15-18)23(7,8)13-14-24(9,10)25(26)16-20(17-25)22(4,5)6/h18-20H,11-17H2,1-10H3. The Balaban J connectivity index is 1.93. The topological polar surface area (TPSA) is 0 Å². The second-order valence-corrected chi connectivity index (χ2v) is 13.4. The molecule has 2 aliphatic carbocycles. The van der Waals surface area contributed by atoms with Crippen LogP contribution >= 0.6 is 0 Å². The molecule has 26 heavy (non-hydrogen) atoms. The molecule has 2 fully saturated rings. The van der Waals surface area contributed by atoms with Crippen molar-refractivity contribution in [2.24, 2.45) is 39.4 Å². The van der Waals surface area contributed by atoms with Gasteiger partial charge in [0.05, 0.1) is 0 Å². The van der Waals surface area contributed by atoms with E-state index < -0.39 is 5.67 Å². The van der Waals surface area contributed by atoms with Crippen molar-refractivity contribution in [3.8, 4) is 0 Å². The van der Waals surface area contributed by atoms with Crippen LogP contribution in [-0.4, -0.2) is 5.67 Å². The Bertz CT molecular complexity index is 479. The molecule has 0 nitrogen and oxygen atoms in total. The molecule has 2 rings (SSSR count). The van der Waals surface area contributed by atoms with Gasteiger partial charge in [0.1, 0.15) is 5.67 Å². The number of hydrogen-bond donors (Lipinski definition) is 0. The third kappa shape index (κ3) is 4.49. The van der Waals surface area contributed by atoms with Crippen molar-refractivity contribution in [2.75, 3.05) is 0 Å². The van der Waals surface area contributed by atoms with Gasteiger partial charge < -0.3 is 0 Å². The Morgan fingerprint density at radius 3 is 1.58 bits per heavy atom. The number of hydrogen-bond acceptors (Lipinski definition) is 0. The molecule has 0 aliphatic heterocycles. The maximum absolute atomic E-state index is 15.6. The summed E-state index contributed by atoms with van der Waals surface area (Å²) in [5.41, 5.74) is -0.142. The van der Waals surface area contributed by atoms with Crippen LogP contribution < -0.4 is 0 Å². The summed E-state index contributed by atoms with van der Waals surface area (Å²) in [6, 6.07) is 0. The quantitative estimate of drug-likeness (QED) is 0.458. The van der Waals surface area contributed by atoms with Crippen molar-refractivity contribution < 1.29 is 4.39 Å². The van der Waals surface area contributed by atoms with Crippen LogP contribution in [0.3, 0.4) is 0 Å². The minimum atomic E-state index is -0.954. The summed E-state index contributed by atoms with van der Waals surface area (Å²) in [6.07, 6.45) is 7.81. The molecule has 2 aliphatic rings. The van der Waals surface area contributed by atoms with E-state index in [-0.39, 0.29) is 10.8 Å². The van der Waals surface area contributed by atoms with Crippen molar-refractivity contribution >= 4 is 0 Å². The molecular formula is C25H47F. The van der Waals surface area contributed by atoms with Crippen molar-refractivity contribution in [2.45, 2.75) is 120 Å². The normalized spacial score (nSPS) is 34.0. The highest BCUT2D eigenvalue weighted by atomic mass is 19.1. The summed E-state index contributed by atoms with van der Waals surface area (Å²) < 4.78 is 15.6. The first-order valence-electron chi connectivity index (χ1n) is 11.2. The number of alkyl halides is 1. The van der Waals surface area contributed by atoms with Crippen molar-refractivity contribution in [1.82, 2.24) is 0 Å². The maximum atomic E-state index is 15.6. The van der Waals surface area contributed by atoms with E-state index in [1.165, 1.54) is 19.3 Å². The minimum Gasteiger partial charge on any atom is -0.243 e. The van der Waals surface area contributed by atoms with Crippen LogP contribution in [-0.2, 0) is 0 Å². The highest BCUT2D eigenvalue weighted by Crippen LogP contribution is 2.60. The molecule has 1 heteroatoms. The lowest BCUT2D eigenvalue weighted by atomic mass is 9.52. The second kappa shape index (κ2) is 6.77. The predicted octanol–water partition coefficient (Wildman–Crippen LogP) is 8.45. The molecule has 0 N–H and O–H groups in total.